The number of piperazine rings is 1. The van der Waals surface area contributed by atoms with Crippen LogP contribution in [0.4, 0.5) is 0 Å². The first kappa shape index (κ1) is 21.2. The van der Waals surface area contributed by atoms with E-state index in [0.717, 1.165) is 55.1 Å². The topological polar surface area (TPSA) is 70.5 Å². The van der Waals surface area contributed by atoms with Crippen molar-refractivity contribution in [3.8, 4) is 0 Å². The Labute approximate surface area is 182 Å². The third-order valence-corrected chi connectivity index (χ3v) is 5.87. The predicted molar refractivity (Wildman–Crippen MR) is 121 cm³/mol. The summed E-state index contributed by atoms with van der Waals surface area (Å²) in [5.41, 5.74) is 2.78. The van der Waals surface area contributed by atoms with Gasteiger partial charge in [-0.3, -0.25) is 19.4 Å². The molecule has 31 heavy (non-hydrogen) atoms. The minimum atomic E-state index is 0.0540. The van der Waals surface area contributed by atoms with Gasteiger partial charge in [-0.05, 0) is 12.1 Å². The Morgan fingerprint density at radius 2 is 1.61 bits per heavy atom. The maximum absolute atomic E-state index is 12.6. The average Bonchev–Trinajstić information content (AvgIpc) is 3.16. The molecule has 162 valence electrons. The van der Waals surface area contributed by atoms with Crippen LogP contribution in [0.2, 0.25) is 0 Å². The highest BCUT2D eigenvalue weighted by Gasteiger charge is 2.21. The molecule has 1 N–H and O–H groups in total. The fourth-order valence-electron chi connectivity index (χ4n) is 4.07. The number of nitrogens with one attached hydrogen (secondary N) is 1. The van der Waals surface area contributed by atoms with Crippen LogP contribution in [0, 0.1) is 0 Å². The lowest BCUT2D eigenvalue weighted by atomic mass is 10.1. The number of aryl methyl sites for hydroxylation is 1. The molecule has 4 rings (SSSR count). The largest absolute Gasteiger partial charge is 0.358 e. The summed E-state index contributed by atoms with van der Waals surface area (Å²) in [5.74, 6) is 1.19. The molecule has 0 aliphatic carbocycles. The van der Waals surface area contributed by atoms with E-state index in [1.807, 2.05) is 48.5 Å². The van der Waals surface area contributed by atoms with Gasteiger partial charge < -0.3 is 9.88 Å². The molecule has 0 unspecified atom stereocenters. The molecular formula is C24H29N5O2. The van der Waals surface area contributed by atoms with Crippen LogP contribution >= 0.6 is 0 Å². The number of hydrogen-bond donors (Lipinski definition) is 1. The maximum Gasteiger partial charge on any atom is 0.233 e. The van der Waals surface area contributed by atoms with Crippen molar-refractivity contribution in [3.05, 3.63) is 66.0 Å². The average molecular weight is 420 g/mol. The summed E-state index contributed by atoms with van der Waals surface area (Å²) < 4.78 is 2.19. The van der Waals surface area contributed by atoms with Crippen molar-refractivity contribution in [1.82, 2.24) is 24.7 Å². The Hall–Kier alpha value is -3.03. The fraction of sp³-hybridized carbons (Fsp3) is 0.375. The summed E-state index contributed by atoms with van der Waals surface area (Å²) in [6.07, 6.45) is 0.442. The first-order chi connectivity index (χ1) is 15.1. The summed E-state index contributed by atoms with van der Waals surface area (Å²) >= 11 is 0. The van der Waals surface area contributed by atoms with Gasteiger partial charge >= 0.3 is 0 Å². The number of carbonyl (C=O) groups is 2. The van der Waals surface area contributed by atoms with Gasteiger partial charge in [0.1, 0.15) is 5.82 Å². The second kappa shape index (κ2) is 9.85. The summed E-state index contributed by atoms with van der Waals surface area (Å²) in [6.45, 7) is 5.30. The third kappa shape index (κ3) is 5.18. The number of fused-ring (bicyclic) bond motifs is 1. The molecule has 1 fully saturated rings. The van der Waals surface area contributed by atoms with Crippen LogP contribution in [0.1, 0.15) is 22.6 Å². The number of hydrogen-bond acceptors (Lipinski definition) is 5. The van der Waals surface area contributed by atoms with Crippen molar-refractivity contribution < 1.29 is 9.59 Å². The molecule has 1 aliphatic rings. The number of amides is 1. The second-order valence-electron chi connectivity index (χ2n) is 7.93. The van der Waals surface area contributed by atoms with Gasteiger partial charge in [-0.15, -0.1) is 0 Å². The number of rotatable bonds is 8. The van der Waals surface area contributed by atoms with E-state index in [4.69, 9.17) is 4.98 Å². The summed E-state index contributed by atoms with van der Waals surface area (Å²) in [7, 11) is 1.67. The Kier molecular flexibility index (Phi) is 6.74. The number of imidazole rings is 1. The van der Waals surface area contributed by atoms with Crippen molar-refractivity contribution in [2.45, 2.75) is 19.5 Å². The molecule has 1 saturated heterocycles. The highest BCUT2D eigenvalue weighted by atomic mass is 16.2. The van der Waals surface area contributed by atoms with Crippen LogP contribution in [0.3, 0.4) is 0 Å². The molecule has 2 heterocycles. The molecule has 1 aliphatic heterocycles. The lowest BCUT2D eigenvalue weighted by Gasteiger charge is -2.34. The quantitative estimate of drug-likeness (QED) is 0.567. The van der Waals surface area contributed by atoms with Crippen LogP contribution in [0.25, 0.3) is 11.0 Å². The molecule has 0 atom stereocenters. The number of benzene rings is 2. The van der Waals surface area contributed by atoms with Gasteiger partial charge in [-0.25, -0.2) is 4.98 Å². The van der Waals surface area contributed by atoms with E-state index >= 15 is 0 Å². The van der Waals surface area contributed by atoms with Gasteiger partial charge in [0, 0.05) is 51.8 Å². The minimum Gasteiger partial charge on any atom is -0.358 e. The van der Waals surface area contributed by atoms with Crippen molar-refractivity contribution in [1.29, 1.82) is 0 Å². The molecule has 3 aromatic rings. The molecule has 7 nitrogen and oxygen atoms in total. The smallest absolute Gasteiger partial charge is 0.233 e. The molecule has 0 spiro atoms. The van der Waals surface area contributed by atoms with Crippen LogP contribution in [-0.4, -0.2) is 70.8 Å². The standard InChI is InChI=1S/C24H29N5O2/c1-25-24(31)18-28-15-13-27(14-16-28)17-23-26-20-9-5-6-10-21(20)29(23)12-11-22(30)19-7-3-2-4-8-19/h2-10H,11-18H2,1H3,(H,25,31). The number of ketones is 1. The van der Waals surface area contributed by atoms with Gasteiger partial charge in [0.25, 0.3) is 0 Å². The first-order valence-corrected chi connectivity index (χ1v) is 10.8. The van der Waals surface area contributed by atoms with Crippen LogP contribution in [0.5, 0.6) is 0 Å². The summed E-state index contributed by atoms with van der Waals surface area (Å²) in [4.78, 5) is 33.7. The number of nitrogens with zero attached hydrogens (tertiary/aromatic N) is 4. The molecular weight excluding hydrogens is 390 g/mol. The normalized spacial score (nSPS) is 15.3. The van der Waals surface area contributed by atoms with E-state index in [2.05, 4.69) is 25.8 Å². The Bertz CT molecular complexity index is 1040. The Balaban J connectivity index is 1.44. The van der Waals surface area contributed by atoms with Crippen molar-refractivity contribution in [2.75, 3.05) is 39.8 Å². The van der Waals surface area contributed by atoms with Crippen LogP contribution in [0.15, 0.2) is 54.6 Å². The summed E-state index contributed by atoms with van der Waals surface area (Å²) in [5, 5.41) is 2.69. The zero-order valence-corrected chi connectivity index (χ0v) is 18.0. The first-order valence-electron chi connectivity index (χ1n) is 10.8. The number of aromatic nitrogens is 2. The van der Waals surface area contributed by atoms with E-state index in [9.17, 15) is 9.59 Å². The zero-order chi connectivity index (χ0) is 21.6. The van der Waals surface area contributed by atoms with Crippen molar-refractivity contribution >= 4 is 22.7 Å². The highest BCUT2D eigenvalue weighted by molar-refractivity contribution is 5.96. The van der Waals surface area contributed by atoms with Gasteiger partial charge in [0.15, 0.2) is 5.78 Å². The van der Waals surface area contributed by atoms with Crippen molar-refractivity contribution in [2.24, 2.45) is 0 Å². The summed E-state index contributed by atoms with van der Waals surface area (Å²) in [6, 6.07) is 17.6. The van der Waals surface area contributed by atoms with Gasteiger partial charge in [-0.2, -0.15) is 0 Å². The second-order valence-corrected chi connectivity index (χ2v) is 7.93. The van der Waals surface area contributed by atoms with E-state index < -0.39 is 0 Å². The fourth-order valence-corrected chi connectivity index (χ4v) is 4.07. The van der Waals surface area contributed by atoms with Crippen molar-refractivity contribution in [3.63, 3.8) is 0 Å². The van der Waals surface area contributed by atoms with Crippen LogP contribution < -0.4 is 5.32 Å². The Morgan fingerprint density at radius 3 is 2.35 bits per heavy atom. The van der Waals surface area contributed by atoms with E-state index in [1.54, 1.807) is 7.05 Å². The highest BCUT2D eigenvalue weighted by Crippen LogP contribution is 2.19. The van der Waals surface area contributed by atoms with Gasteiger partial charge in [0.2, 0.25) is 5.91 Å². The van der Waals surface area contributed by atoms with E-state index in [0.29, 0.717) is 19.5 Å². The number of likely N-dealkylation sites (N-methyl/N-ethyl adjacent to an activating group) is 1. The molecule has 2 aromatic carbocycles. The lowest BCUT2D eigenvalue weighted by Crippen LogP contribution is -2.49. The minimum absolute atomic E-state index is 0.0540. The predicted octanol–water partition coefficient (Wildman–Crippen LogP) is 2.17. The number of para-hydroxylation sites is 2. The van der Waals surface area contributed by atoms with Gasteiger partial charge in [-0.1, -0.05) is 42.5 Å². The molecule has 0 saturated carbocycles. The third-order valence-electron chi connectivity index (χ3n) is 5.87. The molecule has 1 aromatic heterocycles. The zero-order valence-electron chi connectivity index (χ0n) is 18.0. The molecule has 1 amide bonds. The van der Waals surface area contributed by atoms with Crippen LogP contribution in [-0.2, 0) is 17.9 Å². The van der Waals surface area contributed by atoms with E-state index in [-0.39, 0.29) is 11.7 Å². The lowest BCUT2D eigenvalue weighted by molar-refractivity contribution is -0.122. The maximum atomic E-state index is 12.6. The molecule has 0 bridgehead atoms. The van der Waals surface area contributed by atoms with E-state index in [1.165, 1.54) is 0 Å². The molecule has 7 heteroatoms. The number of Topliss-reactive ketones (excluding diaryl/α,β-unsaturated/α-hetero) is 1. The molecule has 0 radical (unpaired) electrons. The SMILES string of the molecule is CNC(=O)CN1CCN(Cc2nc3ccccc3n2CCC(=O)c2ccccc2)CC1. The van der Waals surface area contributed by atoms with Gasteiger partial charge in [0.05, 0.1) is 24.1 Å². The monoisotopic (exact) mass is 419 g/mol. The number of carbonyl (C=O) groups excluding carboxylic acids is 2. The Morgan fingerprint density at radius 1 is 0.935 bits per heavy atom.